The number of halogens is 1. The monoisotopic (exact) mass is 208 g/mol. The molecular formula is C9H9ClN4. The Hall–Kier alpha value is -1.42. The van der Waals surface area contributed by atoms with E-state index in [1.54, 1.807) is 11.7 Å². The van der Waals surface area contributed by atoms with Crippen LogP contribution in [0, 0.1) is 0 Å². The smallest absolute Gasteiger partial charge is 0.173 e. The molecule has 0 aliphatic carbocycles. The van der Waals surface area contributed by atoms with Crippen molar-refractivity contribution in [3.63, 3.8) is 0 Å². The molecule has 2 rings (SSSR count). The fourth-order valence-electron chi connectivity index (χ4n) is 1.22. The van der Waals surface area contributed by atoms with Crippen LogP contribution >= 0.6 is 11.6 Å². The van der Waals surface area contributed by atoms with Gasteiger partial charge in [-0.15, -0.1) is 16.7 Å². The molecule has 14 heavy (non-hydrogen) atoms. The van der Waals surface area contributed by atoms with Gasteiger partial charge in [0.2, 0.25) is 0 Å². The lowest BCUT2D eigenvalue weighted by molar-refractivity contribution is 0.682. The molecular weight excluding hydrogens is 200 g/mol. The summed E-state index contributed by atoms with van der Waals surface area (Å²) in [5.41, 5.74) is 0.993. The van der Waals surface area contributed by atoms with E-state index in [0.29, 0.717) is 5.82 Å². The highest BCUT2D eigenvalue weighted by Gasteiger charge is 2.16. The van der Waals surface area contributed by atoms with Gasteiger partial charge in [-0.2, -0.15) is 0 Å². The standard InChI is InChI=1S/C9H9ClN4/c1-14-9(11-12-13-14)8(10)7-5-3-2-4-6-7/h2-6,8H,1H3. The van der Waals surface area contributed by atoms with Crippen LogP contribution in [-0.2, 0) is 7.05 Å². The number of alkyl halides is 1. The Bertz CT molecular complexity index is 412. The zero-order valence-electron chi connectivity index (χ0n) is 7.63. The number of aromatic nitrogens is 4. The largest absolute Gasteiger partial charge is 0.231 e. The van der Waals surface area contributed by atoms with Crippen LogP contribution in [0.5, 0.6) is 0 Å². The van der Waals surface area contributed by atoms with E-state index in [9.17, 15) is 0 Å². The third-order valence-corrected chi connectivity index (χ3v) is 2.42. The molecule has 0 aliphatic heterocycles. The van der Waals surface area contributed by atoms with E-state index in [2.05, 4.69) is 15.5 Å². The number of hydrogen-bond donors (Lipinski definition) is 0. The lowest BCUT2D eigenvalue weighted by Gasteiger charge is -2.06. The zero-order valence-corrected chi connectivity index (χ0v) is 8.39. The van der Waals surface area contributed by atoms with Gasteiger partial charge in [0, 0.05) is 7.05 Å². The first-order valence-corrected chi connectivity index (χ1v) is 4.64. The maximum absolute atomic E-state index is 6.21. The second-order valence-electron chi connectivity index (χ2n) is 2.93. The highest BCUT2D eigenvalue weighted by Crippen LogP contribution is 2.25. The van der Waals surface area contributed by atoms with Gasteiger partial charge in [-0.05, 0) is 16.0 Å². The summed E-state index contributed by atoms with van der Waals surface area (Å²) in [6.45, 7) is 0. The molecule has 72 valence electrons. The van der Waals surface area contributed by atoms with E-state index in [0.717, 1.165) is 5.56 Å². The van der Waals surface area contributed by atoms with Gasteiger partial charge in [-0.3, -0.25) is 0 Å². The van der Waals surface area contributed by atoms with Crippen molar-refractivity contribution < 1.29 is 0 Å². The normalized spacial score (nSPS) is 12.7. The Balaban J connectivity index is 2.34. The van der Waals surface area contributed by atoms with Gasteiger partial charge in [0.15, 0.2) is 5.82 Å². The van der Waals surface area contributed by atoms with Gasteiger partial charge in [0.25, 0.3) is 0 Å². The first-order valence-electron chi connectivity index (χ1n) is 4.20. The molecule has 0 saturated carbocycles. The van der Waals surface area contributed by atoms with Crippen molar-refractivity contribution in [3.8, 4) is 0 Å². The summed E-state index contributed by atoms with van der Waals surface area (Å²) in [5.74, 6) is 0.651. The summed E-state index contributed by atoms with van der Waals surface area (Å²) < 4.78 is 1.57. The van der Waals surface area contributed by atoms with E-state index in [-0.39, 0.29) is 5.38 Å². The summed E-state index contributed by atoms with van der Waals surface area (Å²) >= 11 is 6.21. The maximum Gasteiger partial charge on any atom is 0.173 e. The van der Waals surface area contributed by atoms with Gasteiger partial charge >= 0.3 is 0 Å². The van der Waals surface area contributed by atoms with Crippen molar-refractivity contribution in [3.05, 3.63) is 41.7 Å². The van der Waals surface area contributed by atoms with E-state index in [1.807, 2.05) is 30.3 Å². The SMILES string of the molecule is Cn1nnnc1C(Cl)c1ccccc1. The third-order valence-electron chi connectivity index (χ3n) is 1.97. The summed E-state index contributed by atoms with van der Waals surface area (Å²) in [4.78, 5) is 0. The highest BCUT2D eigenvalue weighted by atomic mass is 35.5. The van der Waals surface area contributed by atoms with Gasteiger partial charge in [-0.25, -0.2) is 4.68 Å². The van der Waals surface area contributed by atoms with E-state index in [1.165, 1.54) is 0 Å². The lowest BCUT2D eigenvalue weighted by atomic mass is 10.1. The van der Waals surface area contributed by atoms with Crippen molar-refractivity contribution in [1.82, 2.24) is 20.2 Å². The fourth-order valence-corrected chi connectivity index (χ4v) is 1.55. The van der Waals surface area contributed by atoms with Crippen LogP contribution in [0.3, 0.4) is 0 Å². The number of aryl methyl sites for hydroxylation is 1. The van der Waals surface area contributed by atoms with Crippen molar-refractivity contribution in [2.45, 2.75) is 5.38 Å². The molecule has 1 aromatic heterocycles. The first kappa shape index (κ1) is 9.15. The quantitative estimate of drug-likeness (QED) is 0.704. The molecule has 0 radical (unpaired) electrons. The molecule has 5 heteroatoms. The molecule has 0 fully saturated rings. The van der Waals surface area contributed by atoms with Gasteiger partial charge < -0.3 is 0 Å². The number of nitrogens with zero attached hydrogens (tertiary/aromatic N) is 4. The minimum Gasteiger partial charge on any atom is -0.231 e. The van der Waals surface area contributed by atoms with Gasteiger partial charge in [0.1, 0.15) is 5.38 Å². The van der Waals surface area contributed by atoms with Crippen LogP contribution in [0.15, 0.2) is 30.3 Å². The predicted octanol–water partition coefficient (Wildman–Crippen LogP) is 1.54. The maximum atomic E-state index is 6.21. The number of tetrazole rings is 1. The van der Waals surface area contributed by atoms with Crippen LogP contribution in [-0.4, -0.2) is 20.2 Å². The van der Waals surface area contributed by atoms with E-state index >= 15 is 0 Å². The second-order valence-corrected chi connectivity index (χ2v) is 3.37. The minimum absolute atomic E-state index is 0.295. The number of benzene rings is 1. The molecule has 1 aromatic carbocycles. The third kappa shape index (κ3) is 1.61. The van der Waals surface area contributed by atoms with Crippen molar-refractivity contribution >= 4 is 11.6 Å². The molecule has 0 aliphatic rings. The summed E-state index contributed by atoms with van der Waals surface area (Å²) in [7, 11) is 1.77. The fraction of sp³-hybridized carbons (Fsp3) is 0.222. The summed E-state index contributed by atoms with van der Waals surface area (Å²) in [6.07, 6.45) is 0. The van der Waals surface area contributed by atoms with E-state index in [4.69, 9.17) is 11.6 Å². The zero-order chi connectivity index (χ0) is 9.97. The molecule has 0 spiro atoms. The molecule has 1 unspecified atom stereocenters. The first-order chi connectivity index (χ1) is 6.79. The topological polar surface area (TPSA) is 43.6 Å². The Labute approximate surface area is 86.5 Å². The van der Waals surface area contributed by atoms with Crippen LogP contribution < -0.4 is 0 Å². The van der Waals surface area contributed by atoms with Crippen LogP contribution in [0.2, 0.25) is 0 Å². The molecule has 1 heterocycles. The van der Waals surface area contributed by atoms with Crippen LogP contribution in [0.25, 0.3) is 0 Å². The molecule has 0 saturated heterocycles. The van der Waals surface area contributed by atoms with Crippen molar-refractivity contribution in [2.75, 3.05) is 0 Å². The summed E-state index contributed by atoms with van der Waals surface area (Å²) in [6, 6.07) is 9.73. The molecule has 0 bridgehead atoms. The van der Waals surface area contributed by atoms with E-state index < -0.39 is 0 Å². The molecule has 0 amide bonds. The average Bonchev–Trinajstić information content (AvgIpc) is 2.65. The lowest BCUT2D eigenvalue weighted by Crippen LogP contribution is -2.03. The Kier molecular flexibility index (Phi) is 2.45. The molecule has 0 N–H and O–H groups in total. The van der Waals surface area contributed by atoms with Crippen molar-refractivity contribution in [2.24, 2.45) is 7.05 Å². The van der Waals surface area contributed by atoms with Crippen molar-refractivity contribution in [1.29, 1.82) is 0 Å². The molecule has 4 nitrogen and oxygen atoms in total. The molecule has 1 atom stereocenters. The number of hydrogen-bond acceptors (Lipinski definition) is 3. The highest BCUT2D eigenvalue weighted by molar-refractivity contribution is 6.22. The minimum atomic E-state index is -0.295. The Morgan fingerprint density at radius 2 is 2.00 bits per heavy atom. The predicted molar refractivity (Wildman–Crippen MR) is 52.9 cm³/mol. The summed E-state index contributed by atoms with van der Waals surface area (Å²) in [5, 5.41) is 10.8. The number of rotatable bonds is 2. The van der Waals surface area contributed by atoms with Crippen LogP contribution in [0.1, 0.15) is 16.8 Å². The van der Waals surface area contributed by atoms with Crippen LogP contribution in [0.4, 0.5) is 0 Å². The van der Waals surface area contributed by atoms with Gasteiger partial charge in [0.05, 0.1) is 0 Å². The Morgan fingerprint density at radius 3 is 2.57 bits per heavy atom. The Morgan fingerprint density at radius 1 is 1.29 bits per heavy atom. The molecule has 2 aromatic rings. The second kappa shape index (κ2) is 3.75. The average molecular weight is 209 g/mol. The van der Waals surface area contributed by atoms with Gasteiger partial charge in [-0.1, -0.05) is 30.3 Å².